The van der Waals surface area contributed by atoms with Gasteiger partial charge in [-0.05, 0) is 38.0 Å². The molecule has 0 spiro atoms. The number of hydrogen-bond donors (Lipinski definition) is 2. The largest absolute Gasteiger partial charge is 0.382 e. The highest BCUT2D eigenvalue weighted by molar-refractivity contribution is 7.89. The quantitative estimate of drug-likeness (QED) is 0.820. The molecule has 0 atom stereocenters. The molecule has 0 heterocycles. The average molecular weight is 314 g/mol. The van der Waals surface area contributed by atoms with Crippen LogP contribution in [0, 0.1) is 0 Å². The van der Waals surface area contributed by atoms with Crippen LogP contribution >= 0.6 is 0 Å². The fourth-order valence-corrected chi connectivity index (χ4v) is 2.56. The number of carbonyl (C=O) groups is 1. The first kappa shape index (κ1) is 17.6. The molecule has 3 N–H and O–H groups in total. The molecule has 0 aliphatic rings. The molecule has 118 valence electrons. The van der Waals surface area contributed by atoms with Crippen molar-refractivity contribution in [3.8, 4) is 0 Å². The number of primary sulfonamides is 1. The zero-order chi connectivity index (χ0) is 16.3. The number of sulfonamides is 1. The molecule has 1 rings (SSSR count). The number of methoxy groups -OCH3 is 1. The van der Waals surface area contributed by atoms with Crippen molar-refractivity contribution in [1.82, 2.24) is 5.32 Å². The van der Waals surface area contributed by atoms with E-state index in [0.717, 1.165) is 5.56 Å². The Kier molecular flexibility index (Phi) is 5.49. The maximum atomic E-state index is 12.4. The molecule has 1 aromatic rings. The number of nitrogens with one attached hydrogen (secondary N) is 1. The second-order valence-corrected chi connectivity index (χ2v) is 7.05. The van der Waals surface area contributed by atoms with Crippen molar-refractivity contribution in [3.05, 3.63) is 29.3 Å². The van der Waals surface area contributed by atoms with E-state index in [1.807, 2.05) is 20.8 Å². The third-order valence-electron chi connectivity index (χ3n) is 2.99. The van der Waals surface area contributed by atoms with Gasteiger partial charge in [0.05, 0.1) is 17.0 Å². The van der Waals surface area contributed by atoms with E-state index in [9.17, 15) is 13.2 Å². The fourth-order valence-electron chi connectivity index (χ4n) is 2.02. The Morgan fingerprint density at radius 1 is 1.38 bits per heavy atom. The first-order chi connectivity index (χ1) is 9.60. The Balaban J connectivity index is 3.18. The number of rotatable bonds is 6. The molecule has 0 saturated heterocycles. The molecule has 1 amide bonds. The van der Waals surface area contributed by atoms with Crippen molar-refractivity contribution in [2.24, 2.45) is 5.14 Å². The third kappa shape index (κ3) is 4.80. The van der Waals surface area contributed by atoms with Crippen LogP contribution in [-0.4, -0.2) is 33.6 Å². The molecular formula is C14H22N2O4S. The van der Waals surface area contributed by atoms with Crippen LogP contribution in [0.3, 0.4) is 0 Å². The predicted octanol–water partition coefficient (Wildman–Crippen LogP) is 1.05. The summed E-state index contributed by atoms with van der Waals surface area (Å²) in [7, 11) is -2.29. The van der Waals surface area contributed by atoms with Crippen LogP contribution < -0.4 is 10.5 Å². The third-order valence-corrected chi connectivity index (χ3v) is 3.90. The van der Waals surface area contributed by atoms with Gasteiger partial charge in [0, 0.05) is 12.7 Å². The molecular weight excluding hydrogens is 292 g/mol. The molecule has 21 heavy (non-hydrogen) atoms. The summed E-state index contributed by atoms with van der Waals surface area (Å²) in [5, 5.41) is 7.94. The number of ether oxygens (including phenoxy) is 1. The van der Waals surface area contributed by atoms with Gasteiger partial charge in [0.15, 0.2) is 0 Å². The SMILES string of the molecule is CCc1ccc(S(N)(=O)=O)cc1C(=O)NC(C)(C)COC. The van der Waals surface area contributed by atoms with Gasteiger partial charge in [0.25, 0.3) is 5.91 Å². The Morgan fingerprint density at radius 3 is 2.48 bits per heavy atom. The zero-order valence-corrected chi connectivity index (χ0v) is 13.6. The molecule has 6 nitrogen and oxygen atoms in total. The van der Waals surface area contributed by atoms with Gasteiger partial charge >= 0.3 is 0 Å². The smallest absolute Gasteiger partial charge is 0.252 e. The highest BCUT2D eigenvalue weighted by Crippen LogP contribution is 2.17. The topological polar surface area (TPSA) is 98.5 Å². The summed E-state index contributed by atoms with van der Waals surface area (Å²) in [6.45, 7) is 5.88. The maximum absolute atomic E-state index is 12.4. The molecule has 0 fully saturated rings. The van der Waals surface area contributed by atoms with E-state index in [1.54, 1.807) is 13.2 Å². The highest BCUT2D eigenvalue weighted by Gasteiger charge is 2.23. The molecule has 0 radical (unpaired) electrons. The van der Waals surface area contributed by atoms with Crippen LogP contribution in [0.5, 0.6) is 0 Å². The first-order valence-electron chi connectivity index (χ1n) is 6.58. The van der Waals surface area contributed by atoms with Crippen LogP contribution in [0.25, 0.3) is 0 Å². The summed E-state index contributed by atoms with van der Waals surface area (Å²) >= 11 is 0. The monoisotopic (exact) mass is 314 g/mol. The maximum Gasteiger partial charge on any atom is 0.252 e. The van der Waals surface area contributed by atoms with E-state index < -0.39 is 15.6 Å². The number of nitrogens with two attached hydrogens (primary N) is 1. The fraction of sp³-hybridized carbons (Fsp3) is 0.500. The van der Waals surface area contributed by atoms with Gasteiger partial charge in [-0.1, -0.05) is 13.0 Å². The normalized spacial score (nSPS) is 12.2. The van der Waals surface area contributed by atoms with E-state index >= 15 is 0 Å². The van der Waals surface area contributed by atoms with Crippen LogP contribution in [0.1, 0.15) is 36.7 Å². The molecule has 1 aromatic carbocycles. The van der Waals surface area contributed by atoms with E-state index in [0.29, 0.717) is 18.6 Å². The second kappa shape index (κ2) is 6.55. The van der Waals surface area contributed by atoms with Crippen molar-refractivity contribution < 1.29 is 17.9 Å². The summed E-state index contributed by atoms with van der Waals surface area (Å²) < 4.78 is 27.9. The van der Waals surface area contributed by atoms with Crippen molar-refractivity contribution in [2.45, 2.75) is 37.6 Å². The van der Waals surface area contributed by atoms with Crippen molar-refractivity contribution in [2.75, 3.05) is 13.7 Å². The summed E-state index contributed by atoms with van der Waals surface area (Å²) in [5.41, 5.74) is 0.510. The van der Waals surface area contributed by atoms with Crippen molar-refractivity contribution in [3.63, 3.8) is 0 Å². The van der Waals surface area contributed by atoms with Crippen molar-refractivity contribution in [1.29, 1.82) is 0 Å². The Morgan fingerprint density at radius 2 is 2.00 bits per heavy atom. The lowest BCUT2D eigenvalue weighted by Gasteiger charge is -2.26. The van der Waals surface area contributed by atoms with Gasteiger partial charge in [-0.3, -0.25) is 4.79 Å². The molecule has 7 heteroatoms. The first-order valence-corrected chi connectivity index (χ1v) is 8.12. The lowest BCUT2D eigenvalue weighted by Crippen LogP contribution is -2.47. The Labute approximate surface area is 125 Å². The Hall–Kier alpha value is -1.44. The zero-order valence-electron chi connectivity index (χ0n) is 12.8. The standard InChI is InChI=1S/C14H22N2O4S/c1-5-10-6-7-11(21(15,18)19)8-12(10)13(17)16-14(2,3)9-20-4/h6-8H,5,9H2,1-4H3,(H,16,17)(H2,15,18,19). The van der Waals surface area contributed by atoms with Gasteiger partial charge in [0.1, 0.15) is 0 Å². The lowest BCUT2D eigenvalue weighted by atomic mass is 10.0. The number of aryl methyl sites for hydroxylation is 1. The summed E-state index contributed by atoms with van der Waals surface area (Å²) in [6.07, 6.45) is 0.609. The van der Waals surface area contributed by atoms with Crippen LogP contribution in [0.15, 0.2) is 23.1 Å². The summed E-state index contributed by atoms with van der Waals surface area (Å²) in [6, 6.07) is 4.33. The van der Waals surface area contributed by atoms with Gasteiger partial charge in [0.2, 0.25) is 10.0 Å². The van der Waals surface area contributed by atoms with Gasteiger partial charge in [-0.25, -0.2) is 13.6 Å². The molecule has 0 aliphatic carbocycles. The van der Waals surface area contributed by atoms with E-state index in [4.69, 9.17) is 9.88 Å². The number of benzene rings is 1. The molecule has 0 saturated carbocycles. The van der Waals surface area contributed by atoms with Gasteiger partial charge in [-0.2, -0.15) is 0 Å². The minimum absolute atomic E-state index is 0.0746. The van der Waals surface area contributed by atoms with Gasteiger partial charge < -0.3 is 10.1 Å². The average Bonchev–Trinajstić information content (AvgIpc) is 2.36. The van der Waals surface area contributed by atoms with Crippen LogP contribution in [0.2, 0.25) is 0 Å². The minimum atomic E-state index is -3.84. The molecule has 0 aliphatic heterocycles. The number of hydrogen-bond acceptors (Lipinski definition) is 4. The van der Waals surface area contributed by atoms with Crippen molar-refractivity contribution >= 4 is 15.9 Å². The molecule has 0 bridgehead atoms. The predicted molar refractivity (Wildman–Crippen MR) is 80.6 cm³/mol. The summed E-state index contributed by atoms with van der Waals surface area (Å²) in [4.78, 5) is 12.3. The van der Waals surface area contributed by atoms with E-state index in [2.05, 4.69) is 5.32 Å². The van der Waals surface area contributed by atoms with Crippen LogP contribution in [0.4, 0.5) is 0 Å². The minimum Gasteiger partial charge on any atom is -0.382 e. The molecule has 0 aromatic heterocycles. The highest BCUT2D eigenvalue weighted by atomic mass is 32.2. The number of carbonyl (C=O) groups excluding carboxylic acids is 1. The summed E-state index contributed by atoms with van der Waals surface area (Å²) in [5.74, 6) is -0.348. The lowest BCUT2D eigenvalue weighted by molar-refractivity contribution is 0.0819. The van der Waals surface area contributed by atoms with Gasteiger partial charge in [-0.15, -0.1) is 0 Å². The number of amides is 1. The van der Waals surface area contributed by atoms with E-state index in [1.165, 1.54) is 12.1 Å². The Bertz CT molecular complexity index is 624. The molecule has 0 unspecified atom stereocenters. The van der Waals surface area contributed by atoms with E-state index in [-0.39, 0.29) is 10.8 Å². The second-order valence-electron chi connectivity index (χ2n) is 5.49. The van der Waals surface area contributed by atoms with Crippen LogP contribution in [-0.2, 0) is 21.2 Å².